The summed E-state index contributed by atoms with van der Waals surface area (Å²) >= 11 is 0. The normalized spacial score (nSPS) is 17.4. The van der Waals surface area contributed by atoms with Crippen LogP contribution in [0.5, 0.6) is 0 Å². The molecule has 1 heterocycles. The van der Waals surface area contributed by atoms with Crippen LogP contribution in [0.2, 0.25) is 0 Å². The van der Waals surface area contributed by atoms with Gasteiger partial charge in [-0.05, 0) is 42.5 Å². The number of rotatable bonds is 4. The van der Waals surface area contributed by atoms with Crippen molar-refractivity contribution in [2.24, 2.45) is 0 Å². The lowest BCUT2D eigenvalue weighted by atomic mass is 9.84. The number of carbonyl (C=O) groups is 1. The van der Waals surface area contributed by atoms with Gasteiger partial charge in [-0.1, -0.05) is 12.1 Å². The molecule has 0 saturated heterocycles. The van der Waals surface area contributed by atoms with E-state index in [0.29, 0.717) is 24.1 Å². The van der Waals surface area contributed by atoms with E-state index in [1.807, 2.05) is 0 Å². The molecule has 28 heavy (non-hydrogen) atoms. The first kappa shape index (κ1) is 20.3. The molecule has 2 aromatic rings. The van der Waals surface area contributed by atoms with Crippen LogP contribution in [0.4, 0.5) is 26.3 Å². The zero-order chi connectivity index (χ0) is 20.7. The Hall–Kier alpha value is -2.45. The van der Waals surface area contributed by atoms with Crippen LogP contribution < -0.4 is 0 Å². The number of carboxylic acids is 1. The first-order valence-electron chi connectivity index (χ1n) is 8.64. The van der Waals surface area contributed by atoms with E-state index in [2.05, 4.69) is 0 Å². The molecule has 0 spiro atoms. The van der Waals surface area contributed by atoms with Gasteiger partial charge < -0.3 is 9.67 Å². The summed E-state index contributed by atoms with van der Waals surface area (Å²) in [6.45, 7) is -0.0628. The maximum absolute atomic E-state index is 13.4. The number of alkyl halides is 6. The molecule has 1 unspecified atom stereocenters. The van der Waals surface area contributed by atoms with Gasteiger partial charge >= 0.3 is 18.3 Å². The third kappa shape index (κ3) is 4.18. The van der Waals surface area contributed by atoms with E-state index in [-0.39, 0.29) is 24.9 Å². The molecule has 1 aromatic carbocycles. The summed E-state index contributed by atoms with van der Waals surface area (Å²) in [7, 11) is 0. The van der Waals surface area contributed by atoms with Gasteiger partial charge in [0.1, 0.15) is 0 Å². The molecule has 0 bridgehead atoms. The molecule has 3 rings (SSSR count). The molecule has 1 aliphatic carbocycles. The van der Waals surface area contributed by atoms with Gasteiger partial charge in [0.15, 0.2) is 0 Å². The van der Waals surface area contributed by atoms with E-state index in [1.165, 1.54) is 16.7 Å². The second-order valence-electron chi connectivity index (χ2n) is 6.91. The molecule has 152 valence electrons. The predicted octanol–water partition coefficient (Wildman–Crippen LogP) is 5.47. The zero-order valence-corrected chi connectivity index (χ0v) is 14.6. The predicted molar refractivity (Wildman–Crippen MR) is 87.9 cm³/mol. The fourth-order valence-electron chi connectivity index (χ4n) is 3.80. The molecular formula is C19H17F6NO2. The Bertz CT molecular complexity index is 864. The van der Waals surface area contributed by atoms with Crippen molar-refractivity contribution in [3.05, 3.63) is 58.4 Å². The van der Waals surface area contributed by atoms with Crippen molar-refractivity contribution < 1.29 is 36.2 Å². The summed E-state index contributed by atoms with van der Waals surface area (Å²) in [6.07, 6.45) is -7.32. The van der Waals surface area contributed by atoms with Gasteiger partial charge in [-0.25, -0.2) is 0 Å². The van der Waals surface area contributed by atoms with E-state index in [9.17, 15) is 31.1 Å². The van der Waals surface area contributed by atoms with Crippen molar-refractivity contribution in [1.82, 2.24) is 4.57 Å². The standard InChI is InChI=1S/C19H17F6NO2/c20-18(21,22)13-6-4-11(5-7-13)9-26-10-15(19(23,24)25)14-3-1-2-12(17(14)26)8-16(27)28/h4-7,10,12H,1-3,8-9H2,(H,27,28). The molecule has 1 atom stereocenters. The van der Waals surface area contributed by atoms with Crippen LogP contribution in [0, 0.1) is 0 Å². The molecule has 3 nitrogen and oxygen atoms in total. The number of fused-ring (bicyclic) bond motifs is 1. The number of halogens is 6. The Morgan fingerprint density at radius 1 is 1.07 bits per heavy atom. The smallest absolute Gasteiger partial charge is 0.418 e. The second kappa shape index (κ2) is 7.18. The molecule has 1 aromatic heterocycles. The highest BCUT2D eigenvalue weighted by Gasteiger charge is 2.39. The first-order valence-corrected chi connectivity index (χ1v) is 8.64. The number of benzene rings is 1. The van der Waals surface area contributed by atoms with E-state index in [1.54, 1.807) is 0 Å². The van der Waals surface area contributed by atoms with Crippen LogP contribution in [-0.4, -0.2) is 15.6 Å². The fourth-order valence-corrected chi connectivity index (χ4v) is 3.80. The summed E-state index contributed by atoms with van der Waals surface area (Å²) in [5, 5.41) is 9.11. The highest BCUT2D eigenvalue weighted by Crippen LogP contribution is 2.43. The van der Waals surface area contributed by atoms with Gasteiger partial charge in [0.05, 0.1) is 17.5 Å². The van der Waals surface area contributed by atoms with Crippen LogP contribution >= 0.6 is 0 Å². The molecule has 9 heteroatoms. The molecule has 1 N–H and O–H groups in total. The largest absolute Gasteiger partial charge is 0.481 e. The van der Waals surface area contributed by atoms with Crippen LogP contribution in [0.15, 0.2) is 30.5 Å². The molecule has 0 radical (unpaired) electrons. The van der Waals surface area contributed by atoms with E-state index in [4.69, 9.17) is 5.11 Å². The van der Waals surface area contributed by atoms with Crippen molar-refractivity contribution in [3.63, 3.8) is 0 Å². The van der Waals surface area contributed by atoms with Crippen LogP contribution in [-0.2, 0) is 30.1 Å². The summed E-state index contributed by atoms with van der Waals surface area (Å²) < 4.78 is 79.8. The Morgan fingerprint density at radius 2 is 1.71 bits per heavy atom. The lowest BCUT2D eigenvalue weighted by Gasteiger charge is -2.25. The number of hydrogen-bond donors (Lipinski definition) is 1. The van der Waals surface area contributed by atoms with Gasteiger partial charge in [-0.2, -0.15) is 26.3 Å². The molecule has 0 amide bonds. The minimum Gasteiger partial charge on any atom is -0.481 e. The molecule has 0 aliphatic heterocycles. The Kier molecular flexibility index (Phi) is 5.20. The number of aliphatic carboxylic acids is 1. The maximum atomic E-state index is 13.4. The highest BCUT2D eigenvalue weighted by molar-refractivity contribution is 5.68. The third-order valence-corrected chi connectivity index (χ3v) is 4.96. The molecule has 0 saturated carbocycles. The minimum atomic E-state index is -4.58. The van der Waals surface area contributed by atoms with Crippen molar-refractivity contribution in [1.29, 1.82) is 0 Å². The minimum absolute atomic E-state index is 0.0628. The van der Waals surface area contributed by atoms with Crippen molar-refractivity contribution in [2.75, 3.05) is 0 Å². The quantitative estimate of drug-likeness (QED) is 0.686. The summed E-state index contributed by atoms with van der Waals surface area (Å²) in [6, 6.07) is 4.20. The maximum Gasteiger partial charge on any atom is 0.418 e. The number of hydrogen-bond acceptors (Lipinski definition) is 1. The van der Waals surface area contributed by atoms with Crippen molar-refractivity contribution in [3.8, 4) is 0 Å². The second-order valence-corrected chi connectivity index (χ2v) is 6.91. The van der Waals surface area contributed by atoms with Gasteiger partial charge in [-0.3, -0.25) is 4.79 Å². The zero-order valence-electron chi connectivity index (χ0n) is 14.6. The highest BCUT2D eigenvalue weighted by atomic mass is 19.4. The van der Waals surface area contributed by atoms with Gasteiger partial charge in [0.25, 0.3) is 0 Å². The lowest BCUT2D eigenvalue weighted by Crippen LogP contribution is -2.18. The Labute approximate surface area is 156 Å². The van der Waals surface area contributed by atoms with Crippen LogP contribution in [0.1, 0.15) is 53.1 Å². The average Bonchev–Trinajstić information content (AvgIpc) is 2.94. The average molecular weight is 405 g/mol. The van der Waals surface area contributed by atoms with Gasteiger partial charge in [0.2, 0.25) is 0 Å². The lowest BCUT2D eigenvalue weighted by molar-refractivity contribution is -0.138. The van der Waals surface area contributed by atoms with Gasteiger partial charge in [0, 0.05) is 24.4 Å². The first-order chi connectivity index (χ1) is 13.0. The van der Waals surface area contributed by atoms with E-state index >= 15 is 0 Å². The Morgan fingerprint density at radius 3 is 2.25 bits per heavy atom. The summed E-state index contributed by atoms with van der Waals surface area (Å²) in [4.78, 5) is 11.1. The number of aromatic nitrogens is 1. The molecular weight excluding hydrogens is 388 g/mol. The topological polar surface area (TPSA) is 42.2 Å². The molecule has 1 aliphatic rings. The van der Waals surface area contributed by atoms with E-state index in [0.717, 1.165) is 18.3 Å². The number of carboxylic acid groups (broad SMARTS) is 1. The number of nitrogens with zero attached hydrogens (tertiary/aromatic N) is 1. The third-order valence-electron chi connectivity index (χ3n) is 4.96. The van der Waals surface area contributed by atoms with E-state index < -0.39 is 35.4 Å². The van der Waals surface area contributed by atoms with Crippen molar-refractivity contribution in [2.45, 2.75) is 50.5 Å². The summed E-state index contributed by atoms with van der Waals surface area (Å²) in [5.74, 6) is -1.67. The Balaban J connectivity index is 2.00. The van der Waals surface area contributed by atoms with Crippen molar-refractivity contribution >= 4 is 5.97 Å². The van der Waals surface area contributed by atoms with Crippen LogP contribution in [0.3, 0.4) is 0 Å². The van der Waals surface area contributed by atoms with Gasteiger partial charge in [-0.15, -0.1) is 0 Å². The SMILES string of the molecule is O=C(O)CC1CCCc2c(C(F)(F)F)cn(Cc3ccc(C(F)(F)F)cc3)c21. The summed E-state index contributed by atoms with van der Waals surface area (Å²) in [5.41, 5.74) is -0.827. The van der Waals surface area contributed by atoms with Crippen LogP contribution in [0.25, 0.3) is 0 Å². The monoisotopic (exact) mass is 405 g/mol. The molecule has 0 fully saturated rings. The fraction of sp³-hybridized carbons (Fsp3) is 0.421.